The Morgan fingerprint density at radius 2 is 1.85 bits per heavy atom. The summed E-state index contributed by atoms with van der Waals surface area (Å²) < 4.78 is 5.34. The van der Waals surface area contributed by atoms with Crippen molar-refractivity contribution in [2.24, 2.45) is 5.92 Å². The molecule has 1 heterocycles. The van der Waals surface area contributed by atoms with Crippen molar-refractivity contribution in [1.29, 1.82) is 0 Å². The molecule has 6 heteroatoms. The van der Waals surface area contributed by atoms with Crippen LogP contribution < -0.4 is 15.4 Å². The molecule has 0 unspecified atom stereocenters. The normalized spacial score (nSPS) is 15.9. The summed E-state index contributed by atoms with van der Waals surface area (Å²) in [5, 5.41) is 6.21. The van der Waals surface area contributed by atoms with Gasteiger partial charge in [-0.15, -0.1) is 0 Å². The second kappa shape index (κ2) is 7.87. The monoisotopic (exact) mass is 279 g/mol. The first-order valence-corrected chi connectivity index (χ1v) is 7.62. The minimum absolute atomic E-state index is 0.368. The number of rotatable bonds is 7. The van der Waals surface area contributed by atoms with E-state index in [1.165, 1.54) is 38.5 Å². The number of hydrogen-bond donors (Lipinski definition) is 2. The predicted molar refractivity (Wildman–Crippen MR) is 80.2 cm³/mol. The molecule has 1 aromatic rings. The maximum Gasteiger partial charge on any atom is 0.323 e. The molecule has 1 aliphatic rings. The Hall–Kier alpha value is -1.59. The van der Waals surface area contributed by atoms with Crippen LogP contribution in [0.5, 0.6) is 6.01 Å². The maximum absolute atomic E-state index is 5.34. The molecule has 0 saturated heterocycles. The number of anilines is 2. The molecule has 112 valence electrons. The molecule has 0 atom stereocenters. The third kappa shape index (κ3) is 4.51. The van der Waals surface area contributed by atoms with Crippen molar-refractivity contribution in [3.63, 3.8) is 0 Å². The zero-order chi connectivity index (χ0) is 14.2. The molecule has 0 aliphatic heterocycles. The van der Waals surface area contributed by atoms with E-state index in [4.69, 9.17) is 4.74 Å². The standard InChI is InChI=1S/C14H25N5O/c1-3-20-14-18-12(15-2)17-13(19-14)16-10-9-11-7-5-4-6-8-11/h11H,3-10H2,1-2H3,(H2,15,16,17,18,19). The van der Waals surface area contributed by atoms with Crippen LogP contribution >= 0.6 is 0 Å². The Bertz CT molecular complexity index is 407. The van der Waals surface area contributed by atoms with Gasteiger partial charge in [-0.2, -0.15) is 15.0 Å². The minimum Gasteiger partial charge on any atom is -0.464 e. The van der Waals surface area contributed by atoms with Gasteiger partial charge in [-0.05, 0) is 19.3 Å². The van der Waals surface area contributed by atoms with Crippen LogP contribution in [0.25, 0.3) is 0 Å². The Kier molecular flexibility index (Phi) is 5.83. The van der Waals surface area contributed by atoms with E-state index in [1.54, 1.807) is 7.05 Å². The molecule has 1 fully saturated rings. The lowest BCUT2D eigenvalue weighted by atomic mass is 9.87. The average Bonchev–Trinajstić information content (AvgIpc) is 2.48. The van der Waals surface area contributed by atoms with Crippen molar-refractivity contribution in [2.45, 2.75) is 45.4 Å². The van der Waals surface area contributed by atoms with E-state index in [0.29, 0.717) is 24.5 Å². The number of aromatic nitrogens is 3. The smallest absolute Gasteiger partial charge is 0.323 e. The van der Waals surface area contributed by atoms with Crippen molar-refractivity contribution in [3.05, 3.63) is 0 Å². The van der Waals surface area contributed by atoms with E-state index in [1.807, 2.05) is 6.92 Å². The summed E-state index contributed by atoms with van der Waals surface area (Å²) in [7, 11) is 1.79. The lowest BCUT2D eigenvalue weighted by molar-refractivity contribution is 0.312. The Labute approximate surface area is 120 Å². The topological polar surface area (TPSA) is 72.0 Å². The summed E-state index contributed by atoms with van der Waals surface area (Å²) in [6.45, 7) is 3.37. The molecule has 1 saturated carbocycles. The third-order valence-corrected chi connectivity index (χ3v) is 3.67. The molecule has 0 bridgehead atoms. The summed E-state index contributed by atoms with van der Waals surface area (Å²) in [4.78, 5) is 12.7. The first-order valence-electron chi connectivity index (χ1n) is 7.62. The van der Waals surface area contributed by atoms with E-state index >= 15 is 0 Å². The molecule has 0 aromatic carbocycles. The highest BCUT2D eigenvalue weighted by Crippen LogP contribution is 2.26. The first kappa shape index (κ1) is 14.8. The highest BCUT2D eigenvalue weighted by atomic mass is 16.5. The fourth-order valence-electron chi connectivity index (χ4n) is 2.60. The van der Waals surface area contributed by atoms with Gasteiger partial charge < -0.3 is 15.4 Å². The molecule has 0 radical (unpaired) electrons. The number of hydrogen-bond acceptors (Lipinski definition) is 6. The molecule has 0 spiro atoms. The lowest BCUT2D eigenvalue weighted by Crippen LogP contribution is -2.14. The van der Waals surface area contributed by atoms with Crippen molar-refractivity contribution in [2.75, 3.05) is 30.8 Å². The molecule has 2 N–H and O–H groups in total. The van der Waals surface area contributed by atoms with Gasteiger partial charge in [0.25, 0.3) is 0 Å². The number of nitrogens with one attached hydrogen (secondary N) is 2. The second-order valence-electron chi connectivity index (χ2n) is 5.17. The molecule has 2 rings (SSSR count). The van der Waals surface area contributed by atoms with Gasteiger partial charge in [-0.1, -0.05) is 32.1 Å². The SMILES string of the molecule is CCOc1nc(NC)nc(NCCC2CCCCC2)n1. The first-order chi connectivity index (χ1) is 9.81. The fourth-order valence-corrected chi connectivity index (χ4v) is 2.60. The maximum atomic E-state index is 5.34. The molecular formula is C14H25N5O. The van der Waals surface area contributed by atoms with Gasteiger partial charge in [0.15, 0.2) is 0 Å². The van der Waals surface area contributed by atoms with E-state index < -0.39 is 0 Å². The summed E-state index contributed by atoms with van der Waals surface area (Å²) in [5.41, 5.74) is 0. The van der Waals surface area contributed by atoms with Gasteiger partial charge in [0.2, 0.25) is 11.9 Å². The van der Waals surface area contributed by atoms with Crippen LogP contribution in [0.15, 0.2) is 0 Å². The van der Waals surface area contributed by atoms with Crippen LogP contribution in [0.4, 0.5) is 11.9 Å². The van der Waals surface area contributed by atoms with E-state index in [9.17, 15) is 0 Å². The minimum atomic E-state index is 0.368. The Morgan fingerprint density at radius 1 is 1.10 bits per heavy atom. The van der Waals surface area contributed by atoms with Crippen molar-refractivity contribution < 1.29 is 4.74 Å². The predicted octanol–water partition coefficient (Wildman–Crippen LogP) is 2.69. The lowest BCUT2D eigenvalue weighted by Gasteiger charge is -2.21. The molecule has 1 aliphatic carbocycles. The fraction of sp³-hybridized carbons (Fsp3) is 0.786. The highest BCUT2D eigenvalue weighted by molar-refractivity contribution is 5.35. The van der Waals surface area contributed by atoms with E-state index in [0.717, 1.165) is 12.5 Å². The number of ether oxygens (including phenoxy) is 1. The third-order valence-electron chi connectivity index (χ3n) is 3.67. The van der Waals surface area contributed by atoms with Gasteiger partial charge in [-0.3, -0.25) is 0 Å². The van der Waals surface area contributed by atoms with Crippen LogP contribution in [-0.4, -0.2) is 35.2 Å². The van der Waals surface area contributed by atoms with Gasteiger partial charge in [0, 0.05) is 13.6 Å². The highest BCUT2D eigenvalue weighted by Gasteiger charge is 2.13. The second-order valence-corrected chi connectivity index (χ2v) is 5.17. The molecule has 1 aromatic heterocycles. The van der Waals surface area contributed by atoms with Crippen LogP contribution in [-0.2, 0) is 0 Å². The Morgan fingerprint density at radius 3 is 2.55 bits per heavy atom. The van der Waals surface area contributed by atoms with E-state index in [-0.39, 0.29) is 0 Å². The molecule has 20 heavy (non-hydrogen) atoms. The summed E-state index contributed by atoms with van der Waals surface area (Å²) >= 11 is 0. The zero-order valence-electron chi connectivity index (χ0n) is 12.5. The summed E-state index contributed by atoms with van der Waals surface area (Å²) in [5.74, 6) is 1.97. The van der Waals surface area contributed by atoms with Crippen molar-refractivity contribution in [3.8, 4) is 6.01 Å². The van der Waals surface area contributed by atoms with Crippen LogP contribution in [0.2, 0.25) is 0 Å². The van der Waals surface area contributed by atoms with Gasteiger partial charge in [0.1, 0.15) is 0 Å². The van der Waals surface area contributed by atoms with Gasteiger partial charge >= 0.3 is 6.01 Å². The molecule has 0 amide bonds. The Balaban J connectivity index is 1.85. The largest absolute Gasteiger partial charge is 0.464 e. The summed E-state index contributed by atoms with van der Waals surface area (Å²) in [6.07, 6.45) is 8.09. The van der Waals surface area contributed by atoms with E-state index in [2.05, 4.69) is 25.6 Å². The quantitative estimate of drug-likeness (QED) is 0.799. The summed E-state index contributed by atoms with van der Waals surface area (Å²) in [6, 6.07) is 0.368. The van der Waals surface area contributed by atoms with Gasteiger partial charge in [-0.25, -0.2) is 0 Å². The van der Waals surface area contributed by atoms with Crippen molar-refractivity contribution >= 4 is 11.9 Å². The van der Waals surface area contributed by atoms with Crippen LogP contribution in [0, 0.1) is 5.92 Å². The van der Waals surface area contributed by atoms with Crippen LogP contribution in [0.1, 0.15) is 45.4 Å². The number of nitrogens with zero attached hydrogens (tertiary/aromatic N) is 3. The van der Waals surface area contributed by atoms with Gasteiger partial charge in [0.05, 0.1) is 6.61 Å². The average molecular weight is 279 g/mol. The molecular weight excluding hydrogens is 254 g/mol. The molecule has 6 nitrogen and oxygen atoms in total. The van der Waals surface area contributed by atoms with Crippen molar-refractivity contribution in [1.82, 2.24) is 15.0 Å². The van der Waals surface area contributed by atoms with Crippen LogP contribution in [0.3, 0.4) is 0 Å². The zero-order valence-corrected chi connectivity index (χ0v) is 12.5.